The zero-order valence-corrected chi connectivity index (χ0v) is 11.8. The number of rotatable bonds is 3. The minimum Gasteiger partial charge on any atom is -0.357 e. The van der Waals surface area contributed by atoms with E-state index < -0.39 is 0 Å². The van der Waals surface area contributed by atoms with Gasteiger partial charge in [-0.05, 0) is 44.0 Å². The lowest BCUT2D eigenvalue weighted by Gasteiger charge is -2.02. The standard InChI is InChI=1S/C15H17N5/c1-8(2)17-13-7-16-20-14(13)15-18-11-5-9(3)10(4)6-12(11)19-15/h5-7,17H,1H2,2-4H3,(H,16,20)(H,18,19). The van der Waals surface area contributed by atoms with E-state index in [9.17, 15) is 0 Å². The number of imidazole rings is 1. The Morgan fingerprint density at radius 3 is 2.75 bits per heavy atom. The average Bonchev–Trinajstić information content (AvgIpc) is 2.95. The summed E-state index contributed by atoms with van der Waals surface area (Å²) in [5, 5.41) is 10.3. The fourth-order valence-electron chi connectivity index (χ4n) is 2.18. The van der Waals surface area contributed by atoms with Gasteiger partial charge in [0, 0.05) is 11.9 Å². The molecule has 2 heterocycles. The van der Waals surface area contributed by atoms with Crippen molar-refractivity contribution in [3.63, 3.8) is 0 Å². The molecule has 0 saturated carbocycles. The summed E-state index contributed by atoms with van der Waals surface area (Å²) in [6.07, 6.45) is 1.80. The average molecular weight is 267 g/mol. The molecule has 0 amide bonds. The second kappa shape index (κ2) is 4.52. The van der Waals surface area contributed by atoms with Crippen molar-refractivity contribution in [3.05, 3.63) is 41.7 Å². The first-order chi connectivity index (χ1) is 9.54. The number of H-pyrrole nitrogens is 2. The van der Waals surface area contributed by atoms with Crippen molar-refractivity contribution in [2.75, 3.05) is 5.32 Å². The maximum atomic E-state index is 4.62. The molecule has 0 unspecified atom stereocenters. The lowest BCUT2D eigenvalue weighted by Crippen LogP contribution is -1.94. The van der Waals surface area contributed by atoms with Crippen LogP contribution in [0.2, 0.25) is 0 Å². The van der Waals surface area contributed by atoms with Crippen molar-refractivity contribution in [3.8, 4) is 11.5 Å². The lowest BCUT2D eigenvalue weighted by atomic mass is 10.1. The molecule has 5 nitrogen and oxygen atoms in total. The Labute approximate surface area is 117 Å². The number of allylic oxidation sites excluding steroid dienone is 1. The van der Waals surface area contributed by atoms with E-state index in [4.69, 9.17) is 0 Å². The number of fused-ring (bicyclic) bond motifs is 1. The third-order valence-electron chi connectivity index (χ3n) is 3.31. The second-order valence-electron chi connectivity index (χ2n) is 5.09. The van der Waals surface area contributed by atoms with Crippen LogP contribution in [0.3, 0.4) is 0 Å². The van der Waals surface area contributed by atoms with Gasteiger partial charge < -0.3 is 10.3 Å². The highest BCUT2D eigenvalue weighted by atomic mass is 15.2. The third-order valence-corrected chi connectivity index (χ3v) is 3.31. The maximum absolute atomic E-state index is 4.62. The van der Waals surface area contributed by atoms with Gasteiger partial charge >= 0.3 is 0 Å². The number of nitrogens with one attached hydrogen (secondary N) is 3. The molecule has 2 aromatic heterocycles. The summed E-state index contributed by atoms with van der Waals surface area (Å²) in [5.74, 6) is 0.745. The highest BCUT2D eigenvalue weighted by Gasteiger charge is 2.13. The molecule has 0 radical (unpaired) electrons. The highest BCUT2D eigenvalue weighted by Crippen LogP contribution is 2.27. The summed E-state index contributed by atoms with van der Waals surface area (Å²) in [7, 11) is 0. The third kappa shape index (κ3) is 2.07. The quantitative estimate of drug-likeness (QED) is 0.680. The van der Waals surface area contributed by atoms with Gasteiger partial charge in [0.05, 0.1) is 16.7 Å². The van der Waals surface area contributed by atoms with E-state index in [2.05, 4.69) is 58.0 Å². The van der Waals surface area contributed by atoms with E-state index in [0.717, 1.165) is 33.9 Å². The van der Waals surface area contributed by atoms with Crippen molar-refractivity contribution >= 4 is 16.7 Å². The Hall–Kier alpha value is -2.56. The number of benzene rings is 1. The molecule has 0 atom stereocenters. The van der Waals surface area contributed by atoms with Crippen LogP contribution < -0.4 is 5.32 Å². The molecule has 0 fully saturated rings. The fourth-order valence-corrected chi connectivity index (χ4v) is 2.18. The zero-order valence-electron chi connectivity index (χ0n) is 11.8. The van der Waals surface area contributed by atoms with Crippen LogP contribution in [0.4, 0.5) is 5.69 Å². The van der Waals surface area contributed by atoms with Crippen LogP contribution in [0.1, 0.15) is 18.1 Å². The Morgan fingerprint density at radius 2 is 2.00 bits per heavy atom. The van der Waals surface area contributed by atoms with Gasteiger partial charge in [-0.15, -0.1) is 0 Å². The minimum atomic E-state index is 0.745. The molecule has 0 spiro atoms. The van der Waals surface area contributed by atoms with Crippen molar-refractivity contribution in [1.82, 2.24) is 20.2 Å². The van der Waals surface area contributed by atoms with Crippen LogP contribution in [-0.4, -0.2) is 20.2 Å². The van der Waals surface area contributed by atoms with Gasteiger partial charge in [-0.25, -0.2) is 4.98 Å². The number of nitrogens with zero attached hydrogens (tertiary/aromatic N) is 2. The fraction of sp³-hybridized carbons (Fsp3) is 0.200. The molecule has 0 bridgehead atoms. The highest BCUT2D eigenvalue weighted by molar-refractivity contribution is 5.82. The normalized spacial score (nSPS) is 10.9. The van der Waals surface area contributed by atoms with Gasteiger partial charge in [0.2, 0.25) is 0 Å². The van der Waals surface area contributed by atoms with Crippen LogP contribution in [0.25, 0.3) is 22.6 Å². The van der Waals surface area contributed by atoms with Crippen molar-refractivity contribution in [1.29, 1.82) is 0 Å². The first-order valence-corrected chi connectivity index (χ1v) is 6.48. The van der Waals surface area contributed by atoms with Gasteiger partial charge in [-0.2, -0.15) is 5.10 Å². The van der Waals surface area contributed by atoms with E-state index in [0.29, 0.717) is 0 Å². The van der Waals surface area contributed by atoms with E-state index in [1.807, 2.05) is 6.92 Å². The van der Waals surface area contributed by atoms with Crippen molar-refractivity contribution in [2.45, 2.75) is 20.8 Å². The summed E-state index contributed by atoms with van der Waals surface area (Å²) in [5.41, 5.74) is 6.94. The summed E-state index contributed by atoms with van der Waals surface area (Å²) in [6.45, 7) is 9.94. The minimum absolute atomic E-state index is 0.745. The molecule has 0 aliphatic heterocycles. The van der Waals surface area contributed by atoms with Gasteiger partial charge in [0.15, 0.2) is 11.5 Å². The van der Waals surface area contributed by atoms with Gasteiger partial charge in [-0.3, -0.25) is 5.10 Å². The number of hydrogen-bond donors (Lipinski definition) is 3. The van der Waals surface area contributed by atoms with Gasteiger partial charge in [-0.1, -0.05) is 6.58 Å². The molecular formula is C15H17N5. The van der Waals surface area contributed by atoms with E-state index in [-0.39, 0.29) is 0 Å². The van der Waals surface area contributed by atoms with E-state index in [1.54, 1.807) is 6.20 Å². The lowest BCUT2D eigenvalue weighted by molar-refractivity contribution is 1.08. The molecule has 3 rings (SSSR count). The van der Waals surface area contributed by atoms with Crippen molar-refractivity contribution in [2.24, 2.45) is 0 Å². The summed E-state index contributed by atoms with van der Waals surface area (Å²) >= 11 is 0. The number of hydrogen-bond acceptors (Lipinski definition) is 3. The number of aryl methyl sites for hydroxylation is 2. The molecule has 0 aliphatic carbocycles. The van der Waals surface area contributed by atoms with Crippen LogP contribution >= 0.6 is 0 Å². The van der Waals surface area contributed by atoms with E-state index >= 15 is 0 Å². The number of aromatic nitrogens is 4. The first-order valence-electron chi connectivity index (χ1n) is 6.48. The SMILES string of the molecule is C=C(C)Nc1c[nH]nc1-c1nc2cc(C)c(C)cc2[nH]1. The summed E-state index contributed by atoms with van der Waals surface area (Å²) in [4.78, 5) is 7.93. The van der Waals surface area contributed by atoms with Crippen LogP contribution in [0, 0.1) is 13.8 Å². The Bertz CT molecular complexity index is 755. The molecule has 5 heteroatoms. The van der Waals surface area contributed by atoms with Crippen LogP contribution in [-0.2, 0) is 0 Å². The first kappa shape index (κ1) is 12.5. The molecule has 0 aliphatic rings. The molecule has 0 saturated heterocycles. The molecule has 102 valence electrons. The smallest absolute Gasteiger partial charge is 0.161 e. The molecule has 20 heavy (non-hydrogen) atoms. The second-order valence-corrected chi connectivity index (χ2v) is 5.09. The Balaban J connectivity index is 2.11. The maximum Gasteiger partial charge on any atom is 0.161 e. The Morgan fingerprint density at radius 1 is 1.25 bits per heavy atom. The number of aromatic amines is 2. The molecule has 3 aromatic rings. The topological polar surface area (TPSA) is 69.4 Å². The summed E-state index contributed by atoms with van der Waals surface area (Å²) < 4.78 is 0. The monoisotopic (exact) mass is 267 g/mol. The van der Waals surface area contributed by atoms with Gasteiger partial charge in [0.25, 0.3) is 0 Å². The molecule has 3 N–H and O–H groups in total. The predicted molar refractivity (Wildman–Crippen MR) is 81.6 cm³/mol. The zero-order chi connectivity index (χ0) is 14.3. The summed E-state index contributed by atoms with van der Waals surface area (Å²) in [6, 6.07) is 4.20. The van der Waals surface area contributed by atoms with Crippen molar-refractivity contribution < 1.29 is 0 Å². The molecular weight excluding hydrogens is 250 g/mol. The largest absolute Gasteiger partial charge is 0.357 e. The van der Waals surface area contributed by atoms with Crippen LogP contribution in [0.15, 0.2) is 30.6 Å². The number of anilines is 1. The predicted octanol–water partition coefficient (Wildman–Crippen LogP) is 3.52. The Kier molecular flexibility index (Phi) is 2.82. The van der Waals surface area contributed by atoms with Crippen LogP contribution in [0.5, 0.6) is 0 Å². The van der Waals surface area contributed by atoms with Gasteiger partial charge in [0.1, 0.15) is 0 Å². The molecule has 1 aromatic carbocycles. The van der Waals surface area contributed by atoms with E-state index in [1.165, 1.54) is 11.1 Å².